The summed E-state index contributed by atoms with van der Waals surface area (Å²) >= 11 is 0. The molecule has 0 aliphatic carbocycles. The van der Waals surface area contributed by atoms with Gasteiger partial charge in [-0.15, -0.1) is 0 Å². The van der Waals surface area contributed by atoms with Crippen LogP contribution in [0.4, 0.5) is 0 Å². The van der Waals surface area contributed by atoms with Gasteiger partial charge in [0.25, 0.3) is 0 Å². The summed E-state index contributed by atoms with van der Waals surface area (Å²) < 4.78 is 2.13. The van der Waals surface area contributed by atoms with Gasteiger partial charge in [0.15, 0.2) is 0 Å². The Labute approximate surface area is 73.6 Å². The summed E-state index contributed by atoms with van der Waals surface area (Å²) in [6, 6.07) is 0.204. The van der Waals surface area contributed by atoms with Crippen LogP contribution in [0, 0.1) is 0 Å². The van der Waals surface area contributed by atoms with Gasteiger partial charge in [-0.3, -0.25) is 0 Å². The summed E-state index contributed by atoms with van der Waals surface area (Å²) in [5.41, 5.74) is 6.99. The average Bonchev–Trinajstić information content (AvgIpc) is 2.37. The number of imidazole rings is 1. The van der Waals surface area contributed by atoms with Gasteiger partial charge in [-0.05, 0) is 13.3 Å². The van der Waals surface area contributed by atoms with E-state index in [1.807, 2.05) is 19.4 Å². The molecular formula is C9H17N3. The summed E-state index contributed by atoms with van der Waals surface area (Å²) in [4.78, 5) is 4.10. The van der Waals surface area contributed by atoms with Crippen molar-refractivity contribution in [1.82, 2.24) is 9.55 Å². The van der Waals surface area contributed by atoms with Crippen LogP contribution in [0.2, 0.25) is 0 Å². The van der Waals surface area contributed by atoms with E-state index in [2.05, 4.69) is 16.5 Å². The number of nitrogens with zero attached hydrogens (tertiary/aromatic N) is 2. The Kier molecular flexibility index (Phi) is 3.29. The summed E-state index contributed by atoms with van der Waals surface area (Å²) in [6.07, 6.45) is 6.03. The maximum Gasteiger partial charge on any atom is 0.0948 e. The molecule has 3 nitrogen and oxygen atoms in total. The highest BCUT2D eigenvalue weighted by Gasteiger charge is 2.02. The van der Waals surface area contributed by atoms with Crippen LogP contribution in [0.3, 0.4) is 0 Å². The number of aromatic nitrogens is 2. The van der Waals surface area contributed by atoms with Crippen LogP contribution in [0.25, 0.3) is 0 Å². The number of nitrogens with two attached hydrogens (primary N) is 1. The molecule has 0 aliphatic heterocycles. The Hall–Kier alpha value is -0.830. The molecule has 0 amide bonds. The first-order valence-corrected chi connectivity index (χ1v) is 4.48. The molecule has 0 fully saturated rings. The van der Waals surface area contributed by atoms with E-state index >= 15 is 0 Å². The van der Waals surface area contributed by atoms with E-state index in [4.69, 9.17) is 5.73 Å². The summed E-state index contributed by atoms with van der Waals surface area (Å²) in [5, 5.41) is 0. The van der Waals surface area contributed by atoms with E-state index in [0.29, 0.717) is 0 Å². The van der Waals surface area contributed by atoms with E-state index in [1.54, 1.807) is 0 Å². The van der Waals surface area contributed by atoms with E-state index in [9.17, 15) is 0 Å². The van der Waals surface area contributed by atoms with Gasteiger partial charge in [0, 0.05) is 24.5 Å². The standard InChI is InChI=1S/C9H17N3/c1-3-4-9-5-11-7-12(9)6-8(2)10/h5,7-8H,3-4,6,10H2,1-2H3. The third kappa shape index (κ3) is 2.34. The quantitative estimate of drug-likeness (QED) is 0.732. The Bertz CT molecular complexity index is 227. The molecule has 1 aromatic heterocycles. The molecule has 2 N–H and O–H groups in total. The van der Waals surface area contributed by atoms with Crippen molar-refractivity contribution in [3.63, 3.8) is 0 Å². The maximum absolute atomic E-state index is 5.70. The zero-order chi connectivity index (χ0) is 8.97. The smallest absolute Gasteiger partial charge is 0.0948 e. The van der Waals surface area contributed by atoms with Crippen molar-refractivity contribution in [2.24, 2.45) is 5.73 Å². The fourth-order valence-electron chi connectivity index (χ4n) is 1.29. The number of aryl methyl sites for hydroxylation is 1. The highest BCUT2D eigenvalue weighted by Crippen LogP contribution is 2.03. The van der Waals surface area contributed by atoms with E-state index < -0.39 is 0 Å². The molecule has 0 bridgehead atoms. The number of hydrogen-bond acceptors (Lipinski definition) is 2. The molecule has 0 spiro atoms. The van der Waals surface area contributed by atoms with Crippen molar-refractivity contribution in [2.45, 2.75) is 39.3 Å². The van der Waals surface area contributed by atoms with Crippen molar-refractivity contribution in [3.05, 3.63) is 18.2 Å². The van der Waals surface area contributed by atoms with Crippen LogP contribution in [0.1, 0.15) is 26.0 Å². The molecule has 1 unspecified atom stereocenters. The zero-order valence-corrected chi connectivity index (χ0v) is 7.83. The van der Waals surface area contributed by atoms with Gasteiger partial charge >= 0.3 is 0 Å². The van der Waals surface area contributed by atoms with Crippen molar-refractivity contribution in [3.8, 4) is 0 Å². The summed E-state index contributed by atoms with van der Waals surface area (Å²) in [7, 11) is 0. The third-order valence-corrected chi connectivity index (χ3v) is 1.79. The maximum atomic E-state index is 5.70. The second kappa shape index (κ2) is 4.26. The zero-order valence-electron chi connectivity index (χ0n) is 7.83. The largest absolute Gasteiger partial charge is 0.333 e. The molecule has 3 heteroatoms. The molecule has 1 aromatic rings. The second-order valence-electron chi connectivity index (χ2n) is 3.26. The lowest BCUT2D eigenvalue weighted by Crippen LogP contribution is -2.22. The van der Waals surface area contributed by atoms with Crippen molar-refractivity contribution < 1.29 is 0 Å². The molecule has 1 heterocycles. The highest BCUT2D eigenvalue weighted by atomic mass is 15.1. The Morgan fingerprint density at radius 3 is 3.00 bits per heavy atom. The highest BCUT2D eigenvalue weighted by molar-refractivity contribution is 4.98. The third-order valence-electron chi connectivity index (χ3n) is 1.79. The SMILES string of the molecule is CCCc1cncn1CC(C)N. The lowest BCUT2D eigenvalue weighted by atomic mass is 10.2. The summed E-state index contributed by atoms with van der Waals surface area (Å²) in [5.74, 6) is 0. The first kappa shape index (κ1) is 9.26. The Balaban J connectivity index is 2.63. The van der Waals surface area contributed by atoms with E-state index in [-0.39, 0.29) is 6.04 Å². The Morgan fingerprint density at radius 1 is 1.67 bits per heavy atom. The van der Waals surface area contributed by atoms with Gasteiger partial charge in [0.1, 0.15) is 0 Å². The lowest BCUT2D eigenvalue weighted by Gasteiger charge is -2.09. The van der Waals surface area contributed by atoms with Gasteiger partial charge in [-0.25, -0.2) is 4.98 Å². The topological polar surface area (TPSA) is 43.8 Å². The van der Waals surface area contributed by atoms with Crippen LogP contribution < -0.4 is 5.73 Å². The minimum atomic E-state index is 0.204. The van der Waals surface area contributed by atoms with Crippen molar-refractivity contribution in [2.75, 3.05) is 0 Å². The predicted molar refractivity (Wildman–Crippen MR) is 49.9 cm³/mol. The minimum Gasteiger partial charge on any atom is -0.333 e. The molecule has 1 atom stereocenters. The van der Waals surface area contributed by atoms with Gasteiger partial charge in [-0.2, -0.15) is 0 Å². The summed E-state index contributed by atoms with van der Waals surface area (Å²) in [6.45, 7) is 5.05. The molecule has 0 saturated heterocycles. The van der Waals surface area contributed by atoms with Gasteiger partial charge < -0.3 is 10.3 Å². The molecule has 12 heavy (non-hydrogen) atoms. The van der Waals surface area contributed by atoms with Crippen LogP contribution in [-0.2, 0) is 13.0 Å². The minimum absolute atomic E-state index is 0.204. The fourth-order valence-corrected chi connectivity index (χ4v) is 1.29. The van der Waals surface area contributed by atoms with Gasteiger partial charge in [0.2, 0.25) is 0 Å². The van der Waals surface area contributed by atoms with Gasteiger partial charge in [-0.1, -0.05) is 13.3 Å². The second-order valence-corrected chi connectivity index (χ2v) is 3.26. The predicted octanol–water partition coefficient (Wildman–Crippen LogP) is 1.18. The van der Waals surface area contributed by atoms with Crippen LogP contribution in [0.5, 0.6) is 0 Å². The molecule has 0 radical (unpaired) electrons. The van der Waals surface area contributed by atoms with Crippen molar-refractivity contribution >= 4 is 0 Å². The molecule has 1 rings (SSSR count). The van der Waals surface area contributed by atoms with Crippen molar-refractivity contribution in [1.29, 1.82) is 0 Å². The molecule has 68 valence electrons. The molecule has 0 aromatic carbocycles. The van der Waals surface area contributed by atoms with Crippen LogP contribution in [-0.4, -0.2) is 15.6 Å². The average molecular weight is 167 g/mol. The molecule has 0 aliphatic rings. The van der Waals surface area contributed by atoms with Gasteiger partial charge in [0.05, 0.1) is 6.33 Å². The first-order chi connectivity index (χ1) is 5.74. The first-order valence-electron chi connectivity index (χ1n) is 4.48. The normalized spacial score (nSPS) is 13.2. The van der Waals surface area contributed by atoms with Crippen LogP contribution in [0.15, 0.2) is 12.5 Å². The molecule has 0 saturated carbocycles. The fraction of sp³-hybridized carbons (Fsp3) is 0.667. The Morgan fingerprint density at radius 2 is 2.42 bits per heavy atom. The van der Waals surface area contributed by atoms with Crippen LogP contribution >= 0.6 is 0 Å². The molecular weight excluding hydrogens is 150 g/mol. The lowest BCUT2D eigenvalue weighted by molar-refractivity contribution is 0.568. The number of hydrogen-bond donors (Lipinski definition) is 1. The monoisotopic (exact) mass is 167 g/mol. The van der Waals surface area contributed by atoms with E-state index in [1.165, 1.54) is 5.69 Å². The number of rotatable bonds is 4. The van der Waals surface area contributed by atoms with E-state index in [0.717, 1.165) is 19.4 Å².